The van der Waals surface area contributed by atoms with Gasteiger partial charge >= 0.3 is 0 Å². The third-order valence-corrected chi connectivity index (χ3v) is 5.99. The lowest BCUT2D eigenvalue weighted by molar-refractivity contribution is 0.600. The Kier molecular flexibility index (Phi) is 4.68. The predicted molar refractivity (Wildman–Crippen MR) is 116 cm³/mol. The Morgan fingerprint density at radius 2 is 1.52 bits per heavy atom. The summed E-state index contributed by atoms with van der Waals surface area (Å²) in [6.45, 7) is 0. The van der Waals surface area contributed by atoms with Crippen LogP contribution in [0.15, 0.2) is 83.7 Å². The number of nitrogens with zero attached hydrogens (tertiary/aromatic N) is 3. The van der Waals surface area contributed by atoms with E-state index in [9.17, 15) is 13.2 Å². The van der Waals surface area contributed by atoms with E-state index in [0.29, 0.717) is 27.8 Å². The fourth-order valence-corrected chi connectivity index (χ4v) is 3.68. The second-order valence-electron chi connectivity index (χ2n) is 6.73. The molecule has 0 amide bonds. The van der Waals surface area contributed by atoms with Crippen molar-refractivity contribution in [1.29, 1.82) is 0 Å². The molecule has 0 unspecified atom stereocenters. The molecule has 4 aromatic rings. The van der Waals surface area contributed by atoms with Crippen LogP contribution in [-0.4, -0.2) is 31.5 Å². The van der Waals surface area contributed by atoms with E-state index in [1.54, 1.807) is 24.3 Å². The van der Waals surface area contributed by atoms with Crippen LogP contribution in [0.5, 0.6) is 0 Å². The van der Waals surface area contributed by atoms with Crippen LogP contribution in [0, 0.1) is 0 Å². The molecule has 1 aromatic heterocycles. The first kappa shape index (κ1) is 18.9. The Bertz CT molecular complexity index is 1360. The van der Waals surface area contributed by atoms with Crippen LogP contribution in [0.2, 0.25) is 0 Å². The monoisotopic (exact) mass is 405 g/mol. The minimum atomic E-state index is -3.40. The average Bonchev–Trinajstić information content (AvgIpc) is 2.74. The highest BCUT2D eigenvalue weighted by atomic mass is 32.2. The molecule has 1 heterocycles. The van der Waals surface area contributed by atoms with Crippen LogP contribution >= 0.6 is 0 Å². The zero-order valence-electron chi connectivity index (χ0n) is 16.0. The van der Waals surface area contributed by atoms with E-state index in [2.05, 4.69) is 5.10 Å². The Morgan fingerprint density at radius 3 is 2.21 bits per heavy atom. The lowest BCUT2D eigenvalue weighted by atomic mass is 10.0. The highest BCUT2D eigenvalue weighted by molar-refractivity contribution is 7.92. The minimum Gasteiger partial charge on any atom is -0.274 e. The molecule has 0 atom stereocenters. The lowest BCUT2D eigenvalue weighted by Crippen LogP contribution is -2.25. The summed E-state index contributed by atoms with van der Waals surface area (Å²) in [6.07, 6.45) is 1.16. The first-order valence-corrected chi connectivity index (χ1v) is 10.8. The standard InChI is InChI=1S/C22H19N3O3S/c1-24(29(2,27)28)18-12-8-9-16(15-18)21-19-13-6-7-14-20(19)22(26)25(23-21)17-10-4-3-5-11-17/h3-15H,1-2H3. The lowest BCUT2D eigenvalue weighted by Gasteiger charge is -2.18. The number of benzene rings is 3. The second-order valence-corrected chi connectivity index (χ2v) is 8.74. The third kappa shape index (κ3) is 3.52. The number of hydrogen-bond acceptors (Lipinski definition) is 4. The average molecular weight is 405 g/mol. The maximum Gasteiger partial charge on any atom is 0.279 e. The van der Waals surface area contributed by atoms with Crippen molar-refractivity contribution in [3.8, 4) is 16.9 Å². The molecular weight excluding hydrogens is 386 g/mol. The maximum absolute atomic E-state index is 13.0. The highest BCUT2D eigenvalue weighted by Crippen LogP contribution is 2.28. The SMILES string of the molecule is CN(c1cccc(-c2nn(-c3ccccc3)c(=O)c3ccccc23)c1)S(C)(=O)=O. The van der Waals surface area contributed by atoms with Gasteiger partial charge in [-0.3, -0.25) is 9.10 Å². The Labute approximate surface area is 168 Å². The highest BCUT2D eigenvalue weighted by Gasteiger charge is 2.16. The molecule has 29 heavy (non-hydrogen) atoms. The molecule has 0 saturated heterocycles. The van der Waals surface area contributed by atoms with Crippen molar-refractivity contribution in [2.45, 2.75) is 0 Å². The van der Waals surface area contributed by atoms with E-state index >= 15 is 0 Å². The van der Waals surface area contributed by atoms with Gasteiger partial charge in [-0.2, -0.15) is 9.78 Å². The van der Waals surface area contributed by atoms with Gasteiger partial charge in [0.2, 0.25) is 10.0 Å². The first-order valence-electron chi connectivity index (χ1n) is 8.98. The van der Waals surface area contributed by atoms with E-state index in [1.807, 2.05) is 54.6 Å². The van der Waals surface area contributed by atoms with Crippen LogP contribution in [0.3, 0.4) is 0 Å². The third-order valence-electron chi connectivity index (χ3n) is 4.79. The summed E-state index contributed by atoms with van der Waals surface area (Å²) in [5, 5.41) is 5.90. The first-order chi connectivity index (χ1) is 13.9. The molecule has 0 fully saturated rings. The zero-order chi connectivity index (χ0) is 20.6. The van der Waals surface area contributed by atoms with Crippen LogP contribution in [0.25, 0.3) is 27.7 Å². The molecule has 0 aliphatic carbocycles. The molecule has 4 rings (SSSR count). The zero-order valence-corrected chi connectivity index (χ0v) is 16.8. The van der Waals surface area contributed by atoms with E-state index in [0.717, 1.165) is 11.8 Å². The van der Waals surface area contributed by atoms with Crippen molar-refractivity contribution < 1.29 is 8.42 Å². The van der Waals surface area contributed by atoms with E-state index < -0.39 is 10.0 Å². The number of anilines is 1. The molecule has 0 aliphatic rings. The summed E-state index contributed by atoms with van der Waals surface area (Å²) < 4.78 is 26.5. The van der Waals surface area contributed by atoms with E-state index in [4.69, 9.17) is 0 Å². The summed E-state index contributed by atoms with van der Waals surface area (Å²) >= 11 is 0. The molecule has 0 spiro atoms. The fourth-order valence-electron chi connectivity index (χ4n) is 3.19. The van der Waals surface area contributed by atoms with Gasteiger partial charge in [0.05, 0.1) is 28.7 Å². The Hall–Kier alpha value is -3.45. The summed E-state index contributed by atoms with van der Waals surface area (Å²) in [7, 11) is -1.89. The van der Waals surface area contributed by atoms with Crippen molar-refractivity contribution in [2.75, 3.05) is 17.6 Å². The minimum absolute atomic E-state index is 0.208. The Balaban J connectivity index is 2.00. The quantitative estimate of drug-likeness (QED) is 0.521. The topological polar surface area (TPSA) is 72.3 Å². The fraction of sp³-hybridized carbons (Fsp3) is 0.0909. The molecule has 0 radical (unpaired) electrons. The van der Waals surface area contributed by atoms with Gasteiger partial charge in [-0.25, -0.2) is 8.42 Å². The molecule has 6 nitrogen and oxygen atoms in total. The number of aromatic nitrogens is 2. The molecule has 7 heteroatoms. The number of para-hydroxylation sites is 1. The van der Waals surface area contributed by atoms with Crippen LogP contribution in [0.1, 0.15) is 0 Å². The number of hydrogen-bond donors (Lipinski definition) is 0. The largest absolute Gasteiger partial charge is 0.279 e. The smallest absolute Gasteiger partial charge is 0.274 e. The van der Waals surface area contributed by atoms with Gasteiger partial charge in [-0.05, 0) is 30.3 Å². The molecule has 0 N–H and O–H groups in total. The number of sulfonamides is 1. The number of fused-ring (bicyclic) bond motifs is 1. The summed E-state index contributed by atoms with van der Waals surface area (Å²) in [5.74, 6) is 0. The van der Waals surface area contributed by atoms with Crippen molar-refractivity contribution in [3.05, 3.63) is 89.2 Å². The molecule has 0 saturated carbocycles. The van der Waals surface area contributed by atoms with Gasteiger partial charge in [0.25, 0.3) is 5.56 Å². The van der Waals surface area contributed by atoms with E-state index in [-0.39, 0.29) is 5.56 Å². The molecule has 3 aromatic carbocycles. The van der Waals surface area contributed by atoms with Crippen molar-refractivity contribution in [1.82, 2.24) is 9.78 Å². The van der Waals surface area contributed by atoms with E-state index in [1.165, 1.54) is 16.0 Å². The van der Waals surface area contributed by atoms with Gasteiger partial charge in [-0.15, -0.1) is 0 Å². The van der Waals surface area contributed by atoms with Gasteiger partial charge < -0.3 is 0 Å². The van der Waals surface area contributed by atoms with Crippen molar-refractivity contribution in [2.24, 2.45) is 0 Å². The van der Waals surface area contributed by atoms with Crippen LogP contribution in [0.4, 0.5) is 5.69 Å². The molecule has 0 bridgehead atoms. The summed E-state index contributed by atoms with van der Waals surface area (Å²) in [5.41, 5.74) is 2.30. The molecular formula is C22H19N3O3S. The molecule has 0 aliphatic heterocycles. The predicted octanol–water partition coefficient (Wildman–Crippen LogP) is 3.45. The van der Waals surface area contributed by atoms with Gasteiger partial charge in [0.1, 0.15) is 0 Å². The van der Waals surface area contributed by atoms with Crippen molar-refractivity contribution >= 4 is 26.5 Å². The molecule has 146 valence electrons. The second kappa shape index (κ2) is 7.18. The summed E-state index contributed by atoms with van der Waals surface area (Å²) in [4.78, 5) is 13.0. The Morgan fingerprint density at radius 1 is 0.862 bits per heavy atom. The van der Waals surface area contributed by atoms with Gasteiger partial charge in [0, 0.05) is 18.0 Å². The van der Waals surface area contributed by atoms with Gasteiger partial charge in [0.15, 0.2) is 0 Å². The summed E-state index contributed by atoms with van der Waals surface area (Å²) in [6, 6.07) is 23.6. The van der Waals surface area contributed by atoms with Crippen LogP contribution < -0.4 is 9.86 Å². The number of rotatable bonds is 4. The van der Waals surface area contributed by atoms with Gasteiger partial charge in [-0.1, -0.05) is 48.5 Å². The van der Waals surface area contributed by atoms with Crippen LogP contribution in [-0.2, 0) is 10.0 Å². The maximum atomic E-state index is 13.0. The van der Waals surface area contributed by atoms with Crippen molar-refractivity contribution in [3.63, 3.8) is 0 Å². The normalized spacial score (nSPS) is 11.5.